The average molecular weight is 272 g/mol. The Balaban J connectivity index is 2.13. The van der Waals surface area contributed by atoms with E-state index in [0.717, 1.165) is 17.5 Å². The molecule has 1 aliphatic rings. The van der Waals surface area contributed by atoms with Crippen LogP contribution in [0, 0.1) is 5.92 Å². The van der Waals surface area contributed by atoms with Crippen LogP contribution in [0.15, 0.2) is 24.3 Å². The molecule has 0 saturated heterocycles. The zero-order valence-corrected chi connectivity index (χ0v) is 11.0. The first kappa shape index (κ1) is 14.4. The second-order valence-corrected chi connectivity index (χ2v) is 5.40. The van der Waals surface area contributed by atoms with E-state index >= 15 is 0 Å². The molecule has 1 N–H and O–H groups in total. The molecule has 2 rings (SSSR count). The van der Waals surface area contributed by atoms with Crippen LogP contribution in [0.5, 0.6) is 0 Å². The first-order chi connectivity index (χ1) is 8.85. The van der Waals surface area contributed by atoms with Gasteiger partial charge in [0.1, 0.15) is 0 Å². The number of rotatable bonds is 2. The molecule has 0 atom stereocenters. The Morgan fingerprint density at radius 2 is 1.89 bits per heavy atom. The van der Waals surface area contributed by atoms with E-state index in [1.54, 1.807) is 0 Å². The first-order valence-electron chi connectivity index (χ1n) is 6.73. The highest BCUT2D eigenvalue weighted by molar-refractivity contribution is 5.28. The smallest absolute Gasteiger partial charge is 0.385 e. The molecule has 0 unspecified atom stereocenters. The fraction of sp³-hybridized carbons (Fsp3) is 0.600. The first-order valence-corrected chi connectivity index (χ1v) is 6.73. The molecule has 1 nitrogen and oxygen atoms in total. The lowest BCUT2D eigenvalue weighted by Crippen LogP contribution is -2.36. The van der Waals surface area contributed by atoms with E-state index in [4.69, 9.17) is 0 Å². The van der Waals surface area contributed by atoms with Crippen molar-refractivity contribution in [3.05, 3.63) is 35.4 Å². The summed E-state index contributed by atoms with van der Waals surface area (Å²) in [5.41, 5.74) is 0.767. The van der Waals surface area contributed by atoms with Crippen molar-refractivity contribution < 1.29 is 18.3 Å². The van der Waals surface area contributed by atoms with Crippen LogP contribution in [0.2, 0.25) is 0 Å². The Bertz CT molecular complexity index is 431. The lowest BCUT2D eigenvalue weighted by Gasteiger charge is -2.37. The van der Waals surface area contributed by atoms with Crippen molar-refractivity contribution in [1.82, 2.24) is 0 Å². The van der Waals surface area contributed by atoms with E-state index in [-0.39, 0.29) is 25.7 Å². The van der Waals surface area contributed by atoms with E-state index in [9.17, 15) is 18.3 Å². The minimum atomic E-state index is -4.13. The summed E-state index contributed by atoms with van der Waals surface area (Å²) < 4.78 is 37.9. The number of hydrogen-bond donors (Lipinski definition) is 1. The molecule has 4 heteroatoms. The van der Waals surface area contributed by atoms with Gasteiger partial charge in [-0.05, 0) is 43.2 Å². The molecule has 106 valence electrons. The molecule has 0 aromatic heterocycles. The predicted molar refractivity (Wildman–Crippen MR) is 67.7 cm³/mol. The van der Waals surface area contributed by atoms with Gasteiger partial charge in [0.2, 0.25) is 0 Å². The zero-order valence-electron chi connectivity index (χ0n) is 11.0. The summed E-state index contributed by atoms with van der Waals surface area (Å²) in [6, 6.07) is 7.55. The van der Waals surface area contributed by atoms with Gasteiger partial charge in [-0.15, -0.1) is 0 Å². The summed E-state index contributed by atoms with van der Waals surface area (Å²) in [5, 5.41) is 10.6. The van der Waals surface area contributed by atoms with Crippen molar-refractivity contribution in [2.24, 2.45) is 5.92 Å². The van der Waals surface area contributed by atoms with Gasteiger partial charge >= 0.3 is 6.18 Å². The van der Waals surface area contributed by atoms with Crippen molar-refractivity contribution in [3.63, 3.8) is 0 Å². The molecular formula is C15H19F3O. The van der Waals surface area contributed by atoms with Gasteiger partial charge in [-0.2, -0.15) is 13.2 Å². The van der Waals surface area contributed by atoms with Crippen molar-refractivity contribution in [3.8, 4) is 0 Å². The molecule has 0 heterocycles. The van der Waals surface area contributed by atoms with Gasteiger partial charge in [0, 0.05) is 0 Å². The number of benzene rings is 1. The zero-order chi connectivity index (χ0) is 14.1. The fourth-order valence-electron chi connectivity index (χ4n) is 2.79. The topological polar surface area (TPSA) is 20.2 Å². The molecule has 0 aliphatic heterocycles. The predicted octanol–water partition coefficient (Wildman–Crippen LogP) is 4.19. The quantitative estimate of drug-likeness (QED) is 0.856. The molecule has 1 fully saturated rings. The minimum absolute atomic E-state index is 0.0103. The van der Waals surface area contributed by atoms with Gasteiger partial charge in [-0.25, -0.2) is 0 Å². The van der Waals surface area contributed by atoms with Crippen molar-refractivity contribution in [1.29, 1.82) is 0 Å². The van der Waals surface area contributed by atoms with Crippen LogP contribution < -0.4 is 0 Å². The Kier molecular flexibility index (Phi) is 3.90. The fourth-order valence-corrected chi connectivity index (χ4v) is 2.79. The monoisotopic (exact) mass is 272 g/mol. The second kappa shape index (κ2) is 5.16. The molecular weight excluding hydrogens is 253 g/mol. The van der Waals surface area contributed by atoms with Gasteiger partial charge in [0.05, 0.1) is 11.5 Å². The van der Waals surface area contributed by atoms with E-state index in [1.165, 1.54) is 0 Å². The molecule has 0 amide bonds. The van der Waals surface area contributed by atoms with Crippen molar-refractivity contribution in [2.75, 3.05) is 0 Å². The maximum Gasteiger partial charge on any atom is 0.391 e. The number of halogens is 3. The molecule has 19 heavy (non-hydrogen) atoms. The molecule has 0 spiro atoms. The molecule has 1 aromatic carbocycles. The van der Waals surface area contributed by atoms with Gasteiger partial charge in [-0.1, -0.05) is 31.2 Å². The summed E-state index contributed by atoms with van der Waals surface area (Å²) >= 11 is 0. The molecule has 1 aromatic rings. The van der Waals surface area contributed by atoms with Crippen LogP contribution >= 0.6 is 0 Å². The Labute approximate surface area is 111 Å². The van der Waals surface area contributed by atoms with Crippen LogP contribution in [0.4, 0.5) is 13.2 Å². The van der Waals surface area contributed by atoms with Crippen LogP contribution in [0.1, 0.15) is 43.7 Å². The van der Waals surface area contributed by atoms with Gasteiger partial charge in [0.25, 0.3) is 0 Å². The van der Waals surface area contributed by atoms with E-state index < -0.39 is 17.7 Å². The number of alkyl halides is 3. The number of hydrogen-bond acceptors (Lipinski definition) is 1. The number of aryl methyl sites for hydroxylation is 1. The standard InChI is InChI=1S/C15H19F3O/c1-2-11-4-3-5-13(10-11)14(19)8-6-12(7-9-14)15(16,17)18/h3-5,10,12,19H,2,6-9H2,1H3. The summed E-state index contributed by atoms with van der Waals surface area (Å²) in [5.74, 6) is -1.26. The van der Waals surface area contributed by atoms with Crippen LogP contribution in [-0.2, 0) is 12.0 Å². The summed E-state index contributed by atoms with van der Waals surface area (Å²) in [4.78, 5) is 0. The highest BCUT2D eigenvalue weighted by Gasteiger charge is 2.45. The van der Waals surface area contributed by atoms with E-state index in [1.807, 2.05) is 31.2 Å². The third-order valence-corrected chi connectivity index (χ3v) is 4.15. The summed E-state index contributed by atoms with van der Waals surface area (Å²) in [7, 11) is 0. The normalized spacial score (nSPS) is 28.4. The highest BCUT2D eigenvalue weighted by atomic mass is 19.4. The molecule has 1 saturated carbocycles. The Hall–Kier alpha value is -1.03. The summed E-state index contributed by atoms with van der Waals surface area (Å²) in [6.07, 6.45) is -2.89. The van der Waals surface area contributed by atoms with Crippen LogP contribution in [0.25, 0.3) is 0 Å². The molecule has 0 radical (unpaired) electrons. The molecule has 1 aliphatic carbocycles. The van der Waals surface area contributed by atoms with E-state index in [0.29, 0.717) is 0 Å². The number of aliphatic hydroxyl groups is 1. The maximum absolute atomic E-state index is 12.6. The minimum Gasteiger partial charge on any atom is -0.385 e. The average Bonchev–Trinajstić information content (AvgIpc) is 2.38. The third kappa shape index (κ3) is 3.11. The largest absolute Gasteiger partial charge is 0.391 e. The van der Waals surface area contributed by atoms with Crippen LogP contribution in [0.3, 0.4) is 0 Å². The highest BCUT2D eigenvalue weighted by Crippen LogP contribution is 2.45. The van der Waals surface area contributed by atoms with E-state index in [2.05, 4.69) is 0 Å². The van der Waals surface area contributed by atoms with Crippen molar-refractivity contribution in [2.45, 2.75) is 50.8 Å². The Morgan fingerprint density at radius 3 is 2.42 bits per heavy atom. The lowest BCUT2D eigenvalue weighted by molar-refractivity contribution is -0.193. The second-order valence-electron chi connectivity index (χ2n) is 5.40. The van der Waals surface area contributed by atoms with Crippen molar-refractivity contribution >= 4 is 0 Å². The van der Waals surface area contributed by atoms with Gasteiger partial charge in [0.15, 0.2) is 0 Å². The maximum atomic E-state index is 12.6. The summed E-state index contributed by atoms with van der Waals surface area (Å²) in [6.45, 7) is 2.02. The van der Waals surface area contributed by atoms with Gasteiger partial charge in [-0.3, -0.25) is 0 Å². The van der Waals surface area contributed by atoms with Gasteiger partial charge < -0.3 is 5.11 Å². The third-order valence-electron chi connectivity index (χ3n) is 4.15. The lowest BCUT2D eigenvalue weighted by atomic mass is 9.74. The van der Waals surface area contributed by atoms with Crippen LogP contribution in [-0.4, -0.2) is 11.3 Å². The Morgan fingerprint density at radius 1 is 1.26 bits per heavy atom. The SMILES string of the molecule is CCc1cccc(C2(O)CCC(C(F)(F)F)CC2)c1. The molecule has 0 bridgehead atoms.